The van der Waals surface area contributed by atoms with Crippen LogP contribution in [0.15, 0.2) is 18.2 Å². The number of amides is 1. The maximum atomic E-state index is 12.5. The molecule has 1 fully saturated rings. The summed E-state index contributed by atoms with van der Waals surface area (Å²) in [7, 11) is 0.114. The van der Waals surface area contributed by atoms with E-state index in [-0.39, 0.29) is 35.8 Å². The third kappa shape index (κ3) is 3.13. The van der Waals surface area contributed by atoms with Crippen molar-refractivity contribution < 1.29 is 22.7 Å². The van der Waals surface area contributed by atoms with Gasteiger partial charge in [0.2, 0.25) is 5.91 Å². The lowest BCUT2D eigenvalue weighted by molar-refractivity contribution is -0.116. The minimum absolute atomic E-state index is 0.0452. The number of aromatic nitrogens is 2. The molecule has 2 aliphatic rings. The molecule has 1 amide bonds. The van der Waals surface area contributed by atoms with Crippen LogP contribution in [0.2, 0.25) is 0 Å². The fraction of sp³-hybridized carbons (Fsp3) is 0.474. The molecule has 8 nitrogen and oxygen atoms in total. The van der Waals surface area contributed by atoms with Gasteiger partial charge in [0.05, 0.1) is 37.5 Å². The fourth-order valence-corrected chi connectivity index (χ4v) is 5.87. The predicted molar refractivity (Wildman–Crippen MR) is 104 cm³/mol. The van der Waals surface area contributed by atoms with Crippen LogP contribution in [0, 0.1) is 6.92 Å². The van der Waals surface area contributed by atoms with Crippen molar-refractivity contribution in [3.63, 3.8) is 0 Å². The summed E-state index contributed by atoms with van der Waals surface area (Å²) in [6, 6.07) is 5.25. The van der Waals surface area contributed by atoms with E-state index in [4.69, 9.17) is 9.47 Å². The lowest BCUT2D eigenvalue weighted by Gasteiger charge is -2.26. The molecule has 0 aliphatic carbocycles. The Kier molecular flexibility index (Phi) is 4.57. The number of aryl methyl sites for hydroxylation is 1. The molecule has 3 heterocycles. The number of nitrogens with zero attached hydrogens (tertiary/aromatic N) is 2. The minimum atomic E-state index is -3.07. The number of fused-ring (bicyclic) bond motifs is 1. The summed E-state index contributed by atoms with van der Waals surface area (Å²) >= 11 is 0. The first-order valence-electron chi connectivity index (χ1n) is 9.14. The Labute approximate surface area is 163 Å². The molecule has 2 aromatic rings. The monoisotopic (exact) mass is 405 g/mol. The molecule has 0 radical (unpaired) electrons. The molecule has 2 atom stereocenters. The maximum absolute atomic E-state index is 12.5. The van der Waals surface area contributed by atoms with Gasteiger partial charge >= 0.3 is 0 Å². The zero-order valence-electron chi connectivity index (χ0n) is 16.1. The van der Waals surface area contributed by atoms with Crippen LogP contribution < -0.4 is 14.8 Å². The van der Waals surface area contributed by atoms with Crippen molar-refractivity contribution in [2.24, 2.45) is 0 Å². The van der Waals surface area contributed by atoms with Gasteiger partial charge < -0.3 is 14.8 Å². The molecule has 2 aliphatic heterocycles. The molecule has 0 unspecified atom stereocenters. The van der Waals surface area contributed by atoms with Crippen molar-refractivity contribution in [1.82, 2.24) is 9.78 Å². The number of carbonyl (C=O) groups excluding carboxylic acids is 1. The topological polar surface area (TPSA) is 99.5 Å². The number of rotatable bonds is 4. The van der Waals surface area contributed by atoms with Crippen molar-refractivity contribution in [3.8, 4) is 11.5 Å². The Morgan fingerprint density at radius 3 is 2.68 bits per heavy atom. The second-order valence-corrected chi connectivity index (χ2v) is 9.49. The zero-order chi connectivity index (χ0) is 20.1. The normalized spacial score (nSPS) is 23.2. The summed E-state index contributed by atoms with van der Waals surface area (Å²) in [6.07, 6.45) is 0.755. The number of sulfone groups is 1. The second-order valence-electron chi connectivity index (χ2n) is 7.26. The number of anilines is 1. The van der Waals surface area contributed by atoms with Crippen molar-refractivity contribution in [2.45, 2.75) is 31.7 Å². The summed E-state index contributed by atoms with van der Waals surface area (Å²) in [5.74, 6) is 1.74. The summed E-state index contributed by atoms with van der Waals surface area (Å²) in [4.78, 5) is 12.5. The van der Waals surface area contributed by atoms with E-state index in [1.807, 2.05) is 25.1 Å². The maximum Gasteiger partial charge on any atom is 0.226 e. The van der Waals surface area contributed by atoms with Crippen molar-refractivity contribution in [1.29, 1.82) is 0 Å². The average molecular weight is 405 g/mol. The Balaban J connectivity index is 1.84. The summed E-state index contributed by atoms with van der Waals surface area (Å²) < 4.78 is 36.4. The molecule has 0 spiro atoms. The molecule has 1 aromatic heterocycles. The van der Waals surface area contributed by atoms with Crippen LogP contribution in [0.25, 0.3) is 0 Å². The van der Waals surface area contributed by atoms with Gasteiger partial charge in [-0.1, -0.05) is 0 Å². The van der Waals surface area contributed by atoms with E-state index in [2.05, 4.69) is 10.4 Å². The van der Waals surface area contributed by atoms with E-state index >= 15 is 0 Å². The smallest absolute Gasteiger partial charge is 0.226 e. The number of methoxy groups -OCH3 is 2. The van der Waals surface area contributed by atoms with E-state index in [0.29, 0.717) is 23.7 Å². The van der Waals surface area contributed by atoms with E-state index in [9.17, 15) is 13.2 Å². The summed E-state index contributed by atoms with van der Waals surface area (Å²) in [5.41, 5.74) is 2.52. The van der Waals surface area contributed by atoms with Gasteiger partial charge in [0.25, 0.3) is 0 Å². The van der Waals surface area contributed by atoms with Gasteiger partial charge in [-0.3, -0.25) is 4.79 Å². The first-order valence-corrected chi connectivity index (χ1v) is 11.0. The third-order valence-corrected chi connectivity index (χ3v) is 7.24. The van der Waals surface area contributed by atoms with Crippen LogP contribution in [0.5, 0.6) is 11.5 Å². The molecule has 1 saturated heterocycles. The number of benzene rings is 1. The lowest BCUT2D eigenvalue weighted by Crippen LogP contribution is -2.26. The Bertz CT molecular complexity index is 1040. The van der Waals surface area contributed by atoms with Gasteiger partial charge in [-0.25, -0.2) is 13.1 Å². The Morgan fingerprint density at radius 1 is 1.25 bits per heavy atom. The van der Waals surface area contributed by atoms with Gasteiger partial charge in [0.15, 0.2) is 9.84 Å². The van der Waals surface area contributed by atoms with Crippen LogP contribution in [-0.4, -0.2) is 49.8 Å². The van der Waals surface area contributed by atoms with Gasteiger partial charge in [-0.15, -0.1) is 0 Å². The van der Waals surface area contributed by atoms with Gasteiger partial charge in [-0.05, 0) is 31.5 Å². The van der Waals surface area contributed by atoms with Crippen molar-refractivity contribution >= 4 is 21.6 Å². The number of hydrogen-bond donors (Lipinski definition) is 1. The van der Waals surface area contributed by atoms with Crippen LogP contribution in [0.4, 0.5) is 5.82 Å². The van der Waals surface area contributed by atoms with E-state index in [1.54, 1.807) is 18.9 Å². The SMILES string of the molecule is COc1ccc(OC)c([C@@H]2CC(=O)Nc3c2c(C)nn3[C@@H]2CCS(=O)(=O)C2)c1. The fourth-order valence-electron chi connectivity index (χ4n) is 4.18. The highest BCUT2D eigenvalue weighted by molar-refractivity contribution is 7.91. The Morgan fingerprint density at radius 2 is 2.04 bits per heavy atom. The number of carbonyl (C=O) groups is 1. The number of ether oxygens (including phenoxy) is 2. The largest absolute Gasteiger partial charge is 0.497 e. The number of hydrogen-bond acceptors (Lipinski definition) is 6. The van der Waals surface area contributed by atoms with Crippen LogP contribution in [-0.2, 0) is 14.6 Å². The first-order chi connectivity index (χ1) is 13.3. The molecule has 1 aromatic carbocycles. The average Bonchev–Trinajstić information content (AvgIpc) is 3.19. The van der Waals surface area contributed by atoms with Gasteiger partial charge in [0, 0.05) is 23.5 Å². The minimum Gasteiger partial charge on any atom is -0.497 e. The quantitative estimate of drug-likeness (QED) is 0.836. The second kappa shape index (κ2) is 6.80. The highest BCUT2D eigenvalue weighted by Gasteiger charge is 2.38. The lowest BCUT2D eigenvalue weighted by atomic mass is 9.85. The molecule has 0 bridgehead atoms. The summed E-state index contributed by atoms with van der Waals surface area (Å²) in [5, 5.41) is 7.53. The van der Waals surface area contributed by atoms with Gasteiger partial charge in [-0.2, -0.15) is 5.10 Å². The van der Waals surface area contributed by atoms with E-state index in [0.717, 1.165) is 16.8 Å². The zero-order valence-corrected chi connectivity index (χ0v) is 16.9. The van der Waals surface area contributed by atoms with Gasteiger partial charge in [0.1, 0.15) is 17.3 Å². The molecule has 1 N–H and O–H groups in total. The highest BCUT2D eigenvalue weighted by Crippen LogP contribution is 2.44. The summed E-state index contributed by atoms with van der Waals surface area (Å²) in [6.45, 7) is 1.88. The Hall–Kier alpha value is -2.55. The molecule has 9 heteroatoms. The highest BCUT2D eigenvalue weighted by atomic mass is 32.2. The van der Waals surface area contributed by atoms with Crippen LogP contribution >= 0.6 is 0 Å². The molecule has 28 heavy (non-hydrogen) atoms. The molecule has 0 saturated carbocycles. The first kappa shape index (κ1) is 18.8. The van der Waals surface area contributed by atoms with Crippen LogP contribution in [0.1, 0.15) is 41.6 Å². The van der Waals surface area contributed by atoms with Crippen molar-refractivity contribution in [3.05, 3.63) is 35.0 Å². The molecule has 4 rings (SSSR count). The van der Waals surface area contributed by atoms with Crippen molar-refractivity contribution in [2.75, 3.05) is 31.0 Å². The standard InChI is InChI=1S/C19H23N3O5S/c1-11-18-15(14-8-13(26-2)4-5-16(14)27-3)9-17(23)20-19(18)22(21-11)12-6-7-28(24,25)10-12/h4-5,8,12,15H,6-7,9-10H2,1-3H3,(H,20,23)/t12-,15+/m1/s1. The predicted octanol–water partition coefficient (Wildman–Crippen LogP) is 2.04. The van der Waals surface area contributed by atoms with E-state index < -0.39 is 9.84 Å². The van der Waals surface area contributed by atoms with Crippen LogP contribution in [0.3, 0.4) is 0 Å². The van der Waals surface area contributed by atoms with E-state index in [1.165, 1.54) is 0 Å². The molecular formula is C19H23N3O5S. The molecular weight excluding hydrogens is 382 g/mol. The number of nitrogens with one attached hydrogen (secondary N) is 1. The molecule has 150 valence electrons. The third-order valence-electron chi connectivity index (χ3n) is 5.49.